The van der Waals surface area contributed by atoms with E-state index in [1.54, 1.807) is 27.3 Å². The number of rotatable bonds is 4. The van der Waals surface area contributed by atoms with Crippen LogP contribution < -0.4 is 0 Å². The smallest absolute Gasteiger partial charge is 0.409 e. The van der Waals surface area contributed by atoms with E-state index < -0.39 is 0 Å². The lowest BCUT2D eigenvalue weighted by atomic mass is 10.1. The molecule has 1 aliphatic heterocycles. The number of carbonyl (C=O) groups is 2. The Balaban J connectivity index is 1.48. The minimum atomic E-state index is -0.340. The average Bonchev–Trinajstić information content (AvgIpc) is 3.33. The molecule has 172 valence electrons. The van der Waals surface area contributed by atoms with Gasteiger partial charge in [-0.25, -0.2) is 14.3 Å². The molecule has 0 atom stereocenters. The summed E-state index contributed by atoms with van der Waals surface area (Å²) in [7, 11) is 0. The monoisotopic (exact) mass is 455 g/mol. The molecule has 3 heterocycles. The lowest BCUT2D eigenvalue weighted by Gasteiger charge is -2.33. The number of benzene rings is 2. The average molecular weight is 456 g/mol. The maximum atomic E-state index is 13.3. The van der Waals surface area contributed by atoms with Gasteiger partial charge in [-0.05, 0) is 13.0 Å². The molecule has 0 unspecified atom stereocenters. The van der Waals surface area contributed by atoms with Crippen molar-refractivity contribution >= 4 is 17.6 Å². The summed E-state index contributed by atoms with van der Waals surface area (Å²) in [5.74, 6) is -0.172. The standard InChI is InChI=1S/C26H25N5O3/c1-2-34-26(33)30-15-13-29(14-16-30)25(32)22-18-24-27-21(19-9-5-3-6-10-19)17-23(31(24)28-22)20-11-7-4-8-12-20/h3-12,17-18H,2,13-16H2,1H3. The Labute approximate surface area is 197 Å². The van der Waals surface area contributed by atoms with E-state index >= 15 is 0 Å². The van der Waals surface area contributed by atoms with Crippen LogP contribution in [0.2, 0.25) is 0 Å². The number of ether oxygens (including phenoxy) is 1. The number of nitrogens with zero attached hydrogens (tertiary/aromatic N) is 5. The number of amides is 2. The van der Waals surface area contributed by atoms with Crippen molar-refractivity contribution in [3.63, 3.8) is 0 Å². The Morgan fingerprint density at radius 2 is 1.47 bits per heavy atom. The maximum Gasteiger partial charge on any atom is 0.409 e. The van der Waals surface area contributed by atoms with Crippen molar-refractivity contribution in [1.82, 2.24) is 24.4 Å². The summed E-state index contributed by atoms with van der Waals surface area (Å²) in [5.41, 5.74) is 4.58. The summed E-state index contributed by atoms with van der Waals surface area (Å²) >= 11 is 0. The third-order valence-corrected chi connectivity index (χ3v) is 5.88. The van der Waals surface area contributed by atoms with Crippen LogP contribution in [0.5, 0.6) is 0 Å². The van der Waals surface area contributed by atoms with Crippen molar-refractivity contribution < 1.29 is 14.3 Å². The number of hydrogen-bond donors (Lipinski definition) is 0. The van der Waals surface area contributed by atoms with E-state index in [-0.39, 0.29) is 12.0 Å². The molecule has 0 spiro atoms. The Morgan fingerprint density at radius 3 is 2.12 bits per heavy atom. The Morgan fingerprint density at radius 1 is 0.853 bits per heavy atom. The largest absolute Gasteiger partial charge is 0.450 e. The fraction of sp³-hybridized carbons (Fsp3) is 0.231. The van der Waals surface area contributed by atoms with E-state index in [2.05, 4.69) is 5.10 Å². The zero-order valence-corrected chi connectivity index (χ0v) is 18.9. The van der Waals surface area contributed by atoms with E-state index in [1.165, 1.54) is 0 Å². The van der Waals surface area contributed by atoms with Crippen molar-refractivity contribution in [1.29, 1.82) is 0 Å². The molecule has 8 heteroatoms. The fourth-order valence-electron chi connectivity index (χ4n) is 4.12. The molecule has 1 saturated heterocycles. The highest BCUT2D eigenvalue weighted by atomic mass is 16.6. The number of hydrogen-bond acceptors (Lipinski definition) is 5. The van der Waals surface area contributed by atoms with Crippen molar-refractivity contribution in [3.8, 4) is 22.5 Å². The molecule has 0 saturated carbocycles. The van der Waals surface area contributed by atoms with Crippen LogP contribution >= 0.6 is 0 Å². The van der Waals surface area contributed by atoms with Crippen LogP contribution in [0.4, 0.5) is 4.79 Å². The van der Waals surface area contributed by atoms with Gasteiger partial charge in [-0.15, -0.1) is 0 Å². The first-order valence-electron chi connectivity index (χ1n) is 11.4. The van der Waals surface area contributed by atoms with Crippen LogP contribution in [0.3, 0.4) is 0 Å². The summed E-state index contributed by atoms with van der Waals surface area (Å²) in [5, 5.41) is 4.64. The van der Waals surface area contributed by atoms with Crippen molar-refractivity contribution in [3.05, 3.63) is 78.5 Å². The Kier molecular flexibility index (Phi) is 5.95. The van der Waals surface area contributed by atoms with Gasteiger partial charge in [0.2, 0.25) is 0 Å². The number of fused-ring (bicyclic) bond motifs is 1. The van der Waals surface area contributed by atoms with E-state index in [4.69, 9.17) is 9.72 Å². The van der Waals surface area contributed by atoms with Gasteiger partial charge in [0.05, 0.1) is 18.0 Å². The van der Waals surface area contributed by atoms with Crippen LogP contribution in [0.25, 0.3) is 28.2 Å². The number of piperazine rings is 1. The molecule has 34 heavy (non-hydrogen) atoms. The van der Waals surface area contributed by atoms with E-state index in [1.807, 2.05) is 66.7 Å². The highest BCUT2D eigenvalue weighted by molar-refractivity contribution is 5.94. The van der Waals surface area contributed by atoms with Crippen LogP contribution in [-0.4, -0.2) is 69.2 Å². The first-order valence-corrected chi connectivity index (χ1v) is 11.4. The quantitative estimate of drug-likeness (QED) is 0.465. The van der Waals surface area contributed by atoms with Crippen molar-refractivity contribution in [2.45, 2.75) is 6.92 Å². The van der Waals surface area contributed by atoms with Crippen LogP contribution in [0.1, 0.15) is 17.4 Å². The van der Waals surface area contributed by atoms with Gasteiger partial charge < -0.3 is 14.5 Å². The second kappa shape index (κ2) is 9.35. The SMILES string of the molecule is CCOC(=O)N1CCN(C(=O)c2cc3nc(-c4ccccc4)cc(-c4ccccc4)n3n2)CC1. The molecule has 2 aromatic carbocycles. The molecule has 2 aromatic heterocycles. The van der Waals surface area contributed by atoms with Crippen molar-refractivity contribution in [2.24, 2.45) is 0 Å². The van der Waals surface area contributed by atoms with Gasteiger partial charge in [0.1, 0.15) is 0 Å². The minimum absolute atomic E-state index is 0.172. The van der Waals surface area contributed by atoms with E-state index in [0.717, 1.165) is 22.5 Å². The molecule has 1 fully saturated rings. The van der Waals surface area contributed by atoms with Gasteiger partial charge in [-0.2, -0.15) is 5.10 Å². The summed E-state index contributed by atoms with van der Waals surface area (Å²) in [6.45, 7) is 3.84. The zero-order chi connectivity index (χ0) is 23.5. The molecule has 8 nitrogen and oxygen atoms in total. The molecule has 0 radical (unpaired) electrons. The molecule has 5 rings (SSSR count). The van der Waals surface area contributed by atoms with Gasteiger partial charge in [-0.3, -0.25) is 4.79 Å². The summed E-state index contributed by atoms with van der Waals surface area (Å²) in [6.07, 6.45) is -0.340. The predicted molar refractivity (Wildman–Crippen MR) is 128 cm³/mol. The van der Waals surface area contributed by atoms with Crippen LogP contribution in [0, 0.1) is 0 Å². The van der Waals surface area contributed by atoms with Crippen LogP contribution in [0.15, 0.2) is 72.8 Å². The zero-order valence-electron chi connectivity index (χ0n) is 18.9. The Bertz CT molecular complexity index is 1310. The van der Waals surface area contributed by atoms with Crippen molar-refractivity contribution in [2.75, 3.05) is 32.8 Å². The van der Waals surface area contributed by atoms with E-state index in [9.17, 15) is 9.59 Å². The van der Waals surface area contributed by atoms with Gasteiger partial charge >= 0.3 is 6.09 Å². The summed E-state index contributed by atoms with van der Waals surface area (Å²) in [4.78, 5) is 33.4. The van der Waals surface area contributed by atoms with E-state index in [0.29, 0.717) is 44.1 Å². The molecule has 0 aliphatic carbocycles. The third kappa shape index (κ3) is 4.22. The molecule has 0 N–H and O–H groups in total. The molecule has 2 amide bonds. The summed E-state index contributed by atoms with van der Waals surface area (Å²) < 4.78 is 6.79. The molecule has 4 aromatic rings. The topological polar surface area (TPSA) is 80.0 Å². The Hall–Kier alpha value is -4.20. The molecule has 0 bridgehead atoms. The van der Waals surface area contributed by atoms with Gasteiger partial charge in [0, 0.05) is 43.4 Å². The highest BCUT2D eigenvalue weighted by Gasteiger charge is 2.27. The predicted octanol–water partition coefficient (Wildman–Crippen LogP) is 3.98. The first kappa shape index (κ1) is 21.6. The highest BCUT2D eigenvalue weighted by Crippen LogP contribution is 2.27. The first-order chi connectivity index (χ1) is 16.6. The van der Waals surface area contributed by atoms with Gasteiger partial charge in [0.25, 0.3) is 5.91 Å². The molecular formula is C26H25N5O3. The lowest BCUT2D eigenvalue weighted by Crippen LogP contribution is -2.50. The number of aromatic nitrogens is 3. The van der Waals surface area contributed by atoms with Crippen LogP contribution in [-0.2, 0) is 4.74 Å². The second-order valence-corrected chi connectivity index (χ2v) is 8.04. The van der Waals surface area contributed by atoms with Gasteiger partial charge in [0.15, 0.2) is 11.3 Å². The molecular weight excluding hydrogens is 430 g/mol. The fourth-order valence-corrected chi connectivity index (χ4v) is 4.12. The number of carbonyl (C=O) groups excluding carboxylic acids is 2. The minimum Gasteiger partial charge on any atom is -0.450 e. The summed E-state index contributed by atoms with van der Waals surface area (Å²) in [6, 6.07) is 23.6. The maximum absolute atomic E-state index is 13.3. The normalized spacial score (nSPS) is 13.8. The second-order valence-electron chi connectivity index (χ2n) is 8.04. The van der Waals surface area contributed by atoms with Gasteiger partial charge in [-0.1, -0.05) is 60.7 Å². The molecule has 1 aliphatic rings. The third-order valence-electron chi connectivity index (χ3n) is 5.88. The lowest BCUT2D eigenvalue weighted by molar-refractivity contribution is 0.0565.